The highest BCUT2D eigenvalue weighted by Crippen LogP contribution is 2.21. The number of nitrogens with one attached hydrogen (secondary N) is 1. The van der Waals surface area contributed by atoms with Gasteiger partial charge in [0, 0.05) is 0 Å². The van der Waals surface area contributed by atoms with Crippen molar-refractivity contribution in [3.05, 3.63) is 29.8 Å². The van der Waals surface area contributed by atoms with Gasteiger partial charge in [-0.15, -0.1) is 12.4 Å². The molecule has 3 N–H and O–H groups in total. The fourth-order valence-electron chi connectivity index (χ4n) is 1.86. The van der Waals surface area contributed by atoms with Crippen molar-refractivity contribution in [2.45, 2.75) is 44.9 Å². The molecule has 132 valence electrons. The van der Waals surface area contributed by atoms with E-state index in [-0.39, 0.29) is 30.1 Å². The number of rotatable bonds is 7. The van der Waals surface area contributed by atoms with Crippen LogP contribution in [0, 0.1) is 0 Å². The summed E-state index contributed by atoms with van der Waals surface area (Å²) < 4.78 is 40.8. The molecule has 0 spiro atoms. The van der Waals surface area contributed by atoms with Gasteiger partial charge in [0.05, 0.1) is 12.1 Å². The molecule has 0 saturated carbocycles. The Morgan fingerprint density at radius 1 is 1.30 bits per heavy atom. The average Bonchev–Trinajstić information content (AvgIpc) is 2.45. The van der Waals surface area contributed by atoms with Crippen molar-refractivity contribution in [3.63, 3.8) is 0 Å². The Labute approximate surface area is 140 Å². The smallest absolute Gasteiger partial charge is 0.422 e. The van der Waals surface area contributed by atoms with Crippen LogP contribution in [0.3, 0.4) is 0 Å². The lowest BCUT2D eigenvalue weighted by Crippen LogP contribution is -2.41. The van der Waals surface area contributed by atoms with Gasteiger partial charge in [0.25, 0.3) is 0 Å². The molecule has 0 radical (unpaired) electrons. The summed E-state index contributed by atoms with van der Waals surface area (Å²) in [7, 11) is 0. The van der Waals surface area contributed by atoms with Crippen LogP contribution in [0.5, 0.6) is 5.75 Å². The molecule has 0 aliphatic carbocycles. The summed E-state index contributed by atoms with van der Waals surface area (Å²) in [5, 5.41) is 2.77. The second-order valence-corrected chi connectivity index (χ2v) is 5.10. The number of alkyl halides is 3. The van der Waals surface area contributed by atoms with Gasteiger partial charge < -0.3 is 15.8 Å². The van der Waals surface area contributed by atoms with Crippen molar-refractivity contribution in [2.75, 3.05) is 6.61 Å². The van der Waals surface area contributed by atoms with Crippen LogP contribution >= 0.6 is 12.4 Å². The minimum absolute atomic E-state index is 0. The molecule has 2 unspecified atom stereocenters. The van der Waals surface area contributed by atoms with E-state index in [0.717, 1.165) is 12.0 Å². The van der Waals surface area contributed by atoms with Crippen molar-refractivity contribution < 1.29 is 22.7 Å². The number of carbonyl (C=O) groups excluding carboxylic acids is 1. The van der Waals surface area contributed by atoms with Gasteiger partial charge in [-0.3, -0.25) is 4.79 Å². The van der Waals surface area contributed by atoms with Crippen LogP contribution in [0.2, 0.25) is 0 Å². The largest absolute Gasteiger partial charge is 0.484 e. The van der Waals surface area contributed by atoms with Crippen LogP contribution in [0.25, 0.3) is 0 Å². The fourth-order valence-corrected chi connectivity index (χ4v) is 1.86. The van der Waals surface area contributed by atoms with E-state index in [9.17, 15) is 18.0 Å². The molecule has 0 heterocycles. The van der Waals surface area contributed by atoms with Crippen molar-refractivity contribution in [3.8, 4) is 5.75 Å². The molecular weight excluding hydrogens is 333 g/mol. The molecular formula is C15H22ClF3N2O2. The zero-order chi connectivity index (χ0) is 16.8. The Bertz CT molecular complexity index is 481. The molecule has 0 bridgehead atoms. The maximum atomic E-state index is 12.0. The fraction of sp³-hybridized carbons (Fsp3) is 0.533. The van der Waals surface area contributed by atoms with Crippen LogP contribution in [0.4, 0.5) is 13.2 Å². The topological polar surface area (TPSA) is 64.4 Å². The quantitative estimate of drug-likeness (QED) is 0.789. The molecule has 1 amide bonds. The maximum Gasteiger partial charge on any atom is 0.422 e. The van der Waals surface area contributed by atoms with Gasteiger partial charge in [-0.1, -0.05) is 25.5 Å². The lowest BCUT2D eigenvalue weighted by atomic mass is 10.1. The first-order valence-electron chi connectivity index (χ1n) is 7.08. The van der Waals surface area contributed by atoms with Crippen molar-refractivity contribution in [1.29, 1.82) is 0 Å². The second kappa shape index (κ2) is 9.62. The van der Waals surface area contributed by atoms with Crippen LogP contribution in [0.1, 0.15) is 38.3 Å². The molecule has 0 saturated heterocycles. The highest BCUT2D eigenvalue weighted by atomic mass is 35.5. The van der Waals surface area contributed by atoms with E-state index in [1.807, 2.05) is 6.92 Å². The standard InChI is InChI=1S/C15H21F3N2O2.ClH/c1-3-4-13(19)14(21)20-10(2)11-5-7-12(8-6-11)22-9-15(16,17)18;/h5-8,10,13H,3-4,9,19H2,1-2H3,(H,20,21);1H. The lowest BCUT2D eigenvalue weighted by molar-refractivity contribution is -0.153. The first kappa shape index (κ1) is 21.5. The Hall–Kier alpha value is -1.47. The summed E-state index contributed by atoms with van der Waals surface area (Å²) in [6.45, 7) is 2.39. The normalized spacial score (nSPS) is 13.7. The van der Waals surface area contributed by atoms with Gasteiger partial charge in [0.1, 0.15) is 5.75 Å². The minimum Gasteiger partial charge on any atom is -0.484 e. The molecule has 8 heteroatoms. The summed E-state index contributed by atoms with van der Waals surface area (Å²) in [4.78, 5) is 11.8. The summed E-state index contributed by atoms with van der Waals surface area (Å²) in [6.07, 6.45) is -2.95. The second-order valence-electron chi connectivity index (χ2n) is 5.10. The van der Waals surface area contributed by atoms with Crippen molar-refractivity contribution >= 4 is 18.3 Å². The SMILES string of the molecule is CCCC(N)C(=O)NC(C)c1ccc(OCC(F)(F)F)cc1.Cl. The third kappa shape index (κ3) is 8.08. The third-order valence-corrected chi connectivity index (χ3v) is 3.08. The van der Waals surface area contributed by atoms with Gasteiger partial charge in [-0.2, -0.15) is 13.2 Å². The summed E-state index contributed by atoms with van der Waals surface area (Å²) in [6, 6.07) is 5.27. The predicted octanol–water partition coefficient (Wildman–Crippen LogP) is 3.35. The highest BCUT2D eigenvalue weighted by molar-refractivity contribution is 5.85. The van der Waals surface area contributed by atoms with Crippen molar-refractivity contribution in [1.82, 2.24) is 5.32 Å². The molecule has 0 aliphatic rings. The molecule has 1 aromatic carbocycles. The molecule has 0 fully saturated rings. The predicted molar refractivity (Wildman–Crippen MR) is 84.7 cm³/mol. The number of amides is 1. The number of halogens is 4. The minimum atomic E-state index is -4.37. The summed E-state index contributed by atoms with van der Waals surface area (Å²) >= 11 is 0. The molecule has 23 heavy (non-hydrogen) atoms. The first-order chi connectivity index (χ1) is 10.2. The molecule has 1 aromatic rings. The van der Waals surface area contributed by atoms with E-state index in [1.165, 1.54) is 12.1 Å². The van der Waals surface area contributed by atoms with Crippen LogP contribution in [-0.2, 0) is 4.79 Å². The summed E-state index contributed by atoms with van der Waals surface area (Å²) in [5.41, 5.74) is 6.48. The third-order valence-electron chi connectivity index (χ3n) is 3.08. The van der Waals surface area contributed by atoms with Gasteiger partial charge in [-0.25, -0.2) is 0 Å². The van der Waals surface area contributed by atoms with E-state index in [0.29, 0.717) is 6.42 Å². The monoisotopic (exact) mass is 354 g/mol. The maximum absolute atomic E-state index is 12.0. The Balaban J connectivity index is 0.00000484. The number of hydrogen-bond donors (Lipinski definition) is 2. The van der Waals surface area contributed by atoms with Gasteiger partial charge in [0.2, 0.25) is 5.91 Å². The Morgan fingerprint density at radius 2 is 1.87 bits per heavy atom. The zero-order valence-electron chi connectivity index (χ0n) is 13.0. The van der Waals surface area contributed by atoms with Gasteiger partial charge in [-0.05, 0) is 31.0 Å². The highest BCUT2D eigenvalue weighted by Gasteiger charge is 2.28. The number of benzene rings is 1. The van der Waals surface area contributed by atoms with E-state index >= 15 is 0 Å². The molecule has 0 aliphatic heterocycles. The van der Waals surface area contributed by atoms with Crippen molar-refractivity contribution in [2.24, 2.45) is 5.73 Å². The molecule has 0 aromatic heterocycles. The van der Waals surface area contributed by atoms with Crippen LogP contribution < -0.4 is 15.8 Å². The van der Waals surface area contributed by atoms with E-state index in [2.05, 4.69) is 10.1 Å². The number of carbonyl (C=O) groups is 1. The van der Waals surface area contributed by atoms with Crippen LogP contribution in [-0.4, -0.2) is 24.7 Å². The van der Waals surface area contributed by atoms with E-state index < -0.39 is 18.8 Å². The molecule has 1 rings (SSSR count). The van der Waals surface area contributed by atoms with Gasteiger partial charge in [0.15, 0.2) is 6.61 Å². The number of ether oxygens (including phenoxy) is 1. The Morgan fingerprint density at radius 3 is 2.35 bits per heavy atom. The number of nitrogens with two attached hydrogens (primary N) is 1. The summed E-state index contributed by atoms with van der Waals surface area (Å²) in [5.74, 6) is -0.117. The molecule has 4 nitrogen and oxygen atoms in total. The molecule has 2 atom stereocenters. The Kier molecular flexibility index (Phi) is 9.01. The first-order valence-corrected chi connectivity index (χ1v) is 7.08. The number of hydrogen-bond acceptors (Lipinski definition) is 3. The van der Waals surface area contributed by atoms with Gasteiger partial charge >= 0.3 is 6.18 Å². The van der Waals surface area contributed by atoms with E-state index in [1.54, 1.807) is 19.1 Å². The lowest BCUT2D eigenvalue weighted by Gasteiger charge is -2.18. The van der Waals surface area contributed by atoms with Crippen LogP contribution in [0.15, 0.2) is 24.3 Å². The van der Waals surface area contributed by atoms with E-state index in [4.69, 9.17) is 5.73 Å². The zero-order valence-corrected chi connectivity index (χ0v) is 13.8. The average molecular weight is 355 g/mol.